The van der Waals surface area contributed by atoms with E-state index < -0.39 is 0 Å². The number of benzene rings is 1. The molecule has 2 aromatic heterocycles. The summed E-state index contributed by atoms with van der Waals surface area (Å²) in [5, 5.41) is 10.5. The van der Waals surface area contributed by atoms with E-state index in [-0.39, 0.29) is 11.8 Å². The van der Waals surface area contributed by atoms with Gasteiger partial charge in [-0.1, -0.05) is 43.6 Å². The van der Waals surface area contributed by atoms with Crippen molar-refractivity contribution >= 4 is 34.6 Å². The van der Waals surface area contributed by atoms with Crippen LogP contribution in [0.1, 0.15) is 59.9 Å². The van der Waals surface area contributed by atoms with Gasteiger partial charge in [0.15, 0.2) is 5.82 Å². The lowest BCUT2D eigenvalue weighted by Gasteiger charge is -2.25. The van der Waals surface area contributed by atoms with Gasteiger partial charge in [0.1, 0.15) is 17.4 Å². The number of rotatable bonds is 6. The number of halogens is 1. The van der Waals surface area contributed by atoms with Gasteiger partial charge in [-0.2, -0.15) is 0 Å². The molecule has 1 atom stereocenters. The predicted octanol–water partition coefficient (Wildman–Crippen LogP) is 5.01. The molecular weight excluding hydrogens is 454 g/mol. The smallest absolute Gasteiger partial charge is 0.226 e. The molecule has 0 saturated carbocycles. The highest BCUT2D eigenvalue weighted by molar-refractivity contribution is 7.15. The summed E-state index contributed by atoms with van der Waals surface area (Å²) in [6, 6.07) is 7.86. The minimum Gasteiger partial charge on any atom is -0.342 e. The quantitative estimate of drug-likeness (QED) is 0.497. The summed E-state index contributed by atoms with van der Waals surface area (Å²) in [7, 11) is 0. The van der Waals surface area contributed by atoms with Gasteiger partial charge in [-0.25, -0.2) is 0 Å². The molecule has 0 fully saturated rings. The Kier molecular flexibility index (Phi) is 6.10. The number of hydrogen-bond acceptors (Lipinski definition) is 5. The summed E-state index contributed by atoms with van der Waals surface area (Å²) in [4.78, 5) is 21.7. The normalized spacial score (nSPS) is 16.6. The maximum absolute atomic E-state index is 13.4. The fourth-order valence-electron chi connectivity index (χ4n) is 5.00. The van der Waals surface area contributed by atoms with E-state index >= 15 is 0 Å². The van der Waals surface area contributed by atoms with Gasteiger partial charge in [-0.3, -0.25) is 14.4 Å². The second-order valence-corrected chi connectivity index (χ2v) is 10.2. The van der Waals surface area contributed by atoms with Gasteiger partial charge in [-0.05, 0) is 44.2 Å². The molecule has 3 heterocycles. The zero-order chi connectivity index (χ0) is 23.1. The molecule has 5 rings (SSSR count). The highest BCUT2D eigenvalue weighted by Crippen LogP contribution is 2.43. The number of hydrogen-bond donors (Lipinski definition) is 0. The predicted molar refractivity (Wildman–Crippen MR) is 133 cm³/mol. The molecule has 2 aliphatic rings. The Labute approximate surface area is 203 Å². The van der Waals surface area contributed by atoms with Crippen molar-refractivity contribution in [1.29, 1.82) is 0 Å². The molecule has 1 aliphatic carbocycles. The Hall–Kier alpha value is -2.51. The number of carbonyl (C=O) groups is 1. The van der Waals surface area contributed by atoms with Crippen molar-refractivity contribution in [2.45, 2.75) is 53.0 Å². The summed E-state index contributed by atoms with van der Waals surface area (Å²) in [5.74, 6) is 1.96. The molecule has 0 N–H and O–H groups in total. The number of amides is 1. The van der Waals surface area contributed by atoms with Gasteiger partial charge in [0.05, 0.1) is 5.71 Å². The lowest BCUT2D eigenvalue weighted by atomic mass is 9.97. The third-order valence-electron chi connectivity index (χ3n) is 6.44. The monoisotopic (exact) mass is 481 g/mol. The molecule has 0 bridgehead atoms. The summed E-state index contributed by atoms with van der Waals surface area (Å²) in [6.45, 7) is 8.33. The number of aliphatic imine (C=N–C) groups is 1. The van der Waals surface area contributed by atoms with Crippen LogP contribution < -0.4 is 0 Å². The number of thiophene rings is 1. The highest BCUT2D eigenvalue weighted by atomic mass is 35.5. The summed E-state index contributed by atoms with van der Waals surface area (Å²) >= 11 is 8.38. The molecule has 0 spiro atoms. The Morgan fingerprint density at radius 3 is 2.67 bits per heavy atom. The molecule has 1 amide bonds. The van der Waals surface area contributed by atoms with Gasteiger partial charge in [0.25, 0.3) is 0 Å². The fraction of sp³-hybridized carbons (Fsp3) is 0.440. The third-order valence-corrected chi connectivity index (χ3v) is 8.01. The number of nitrogens with zero attached hydrogens (tertiary/aromatic N) is 5. The van der Waals surface area contributed by atoms with E-state index in [1.54, 1.807) is 11.3 Å². The lowest BCUT2D eigenvalue weighted by molar-refractivity contribution is -0.135. The highest BCUT2D eigenvalue weighted by Gasteiger charge is 2.38. The molecule has 0 unspecified atom stereocenters. The van der Waals surface area contributed by atoms with Crippen molar-refractivity contribution in [3.8, 4) is 5.00 Å². The van der Waals surface area contributed by atoms with Crippen molar-refractivity contribution in [3.05, 3.63) is 62.5 Å². The maximum atomic E-state index is 13.4. The molecule has 1 aromatic carbocycles. The summed E-state index contributed by atoms with van der Waals surface area (Å²) in [5.41, 5.74) is 4.15. The van der Waals surface area contributed by atoms with Crippen LogP contribution in [-0.2, 0) is 24.2 Å². The van der Waals surface area contributed by atoms with E-state index in [1.165, 1.54) is 10.4 Å². The molecule has 33 heavy (non-hydrogen) atoms. The van der Waals surface area contributed by atoms with Crippen LogP contribution in [0, 0.1) is 12.8 Å². The zero-order valence-electron chi connectivity index (χ0n) is 19.3. The van der Waals surface area contributed by atoms with Gasteiger partial charge in [-0.15, -0.1) is 21.5 Å². The van der Waals surface area contributed by atoms with Crippen LogP contribution in [0.2, 0.25) is 5.02 Å². The largest absolute Gasteiger partial charge is 0.342 e. The van der Waals surface area contributed by atoms with Gasteiger partial charge in [0, 0.05) is 40.0 Å². The van der Waals surface area contributed by atoms with Crippen molar-refractivity contribution in [3.63, 3.8) is 0 Å². The zero-order valence-corrected chi connectivity index (χ0v) is 20.8. The second-order valence-electron chi connectivity index (χ2n) is 8.76. The van der Waals surface area contributed by atoms with Crippen LogP contribution >= 0.6 is 22.9 Å². The van der Waals surface area contributed by atoms with Crippen molar-refractivity contribution < 1.29 is 4.79 Å². The molecular formula is C25H28ClN5OS. The Balaban J connectivity index is 1.59. The minimum atomic E-state index is -0.00752. The van der Waals surface area contributed by atoms with Crippen molar-refractivity contribution in [1.82, 2.24) is 19.7 Å². The number of carbonyl (C=O) groups excluding carboxylic acids is 1. The first-order chi connectivity index (χ1) is 16.0. The Morgan fingerprint density at radius 2 is 1.94 bits per heavy atom. The molecule has 0 radical (unpaired) electrons. The first kappa shape index (κ1) is 22.3. The fourth-order valence-corrected chi connectivity index (χ4v) is 6.70. The summed E-state index contributed by atoms with van der Waals surface area (Å²) in [6.07, 6.45) is 3.48. The van der Waals surface area contributed by atoms with E-state index in [2.05, 4.69) is 28.6 Å². The number of aryl methyl sites for hydroxylation is 1. The van der Waals surface area contributed by atoms with Crippen LogP contribution in [0.4, 0.5) is 0 Å². The summed E-state index contributed by atoms with van der Waals surface area (Å²) < 4.78 is 2.13. The van der Waals surface area contributed by atoms with Crippen LogP contribution in [0.5, 0.6) is 0 Å². The van der Waals surface area contributed by atoms with Gasteiger partial charge >= 0.3 is 0 Å². The van der Waals surface area contributed by atoms with E-state index in [0.29, 0.717) is 11.6 Å². The Bertz CT molecular complexity index is 1240. The van der Waals surface area contributed by atoms with Crippen LogP contribution in [0.15, 0.2) is 29.3 Å². The van der Waals surface area contributed by atoms with Crippen LogP contribution in [-0.4, -0.2) is 44.4 Å². The first-order valence-corrected chi connectivity index (χ1v) is 12.9. The Morgan fingerprint density at radius 1 is 1.18 bits per heavy atom. The molecule has 0 saturated heterocycles. The van der Waals surface area contributed by atoms with E-state index in [1.807, 2.05) is 36.1 Å². The average molecular weight is 482 g/mol. The van der Waals surface area contributed by atoms with Gasteiger partial charge in [0.2, 0.25) is 5.91 Å². The van der Waals surface area contributed by atoms with Crippen molar-refractivity contribution in [2.75, 3.05) is 13.1 Å². The van der Waals surface area contributed by atoms with Crippen molar-refractivity contribution in [2.24, 2.45) is 10.9 Å². The second kappa shape index (κ2) is 9.03. The standard InChI is InChI=1S/C25H28ClN5OS/c1-4-10-30(11-5-2)24(32)16-12-18-20(13-16)33-25-22(18)23(17-8-6-7-9-19(17)26)27-14-21-29-28-15(3)31(21)25/h6-9,16H,4-5,10-14H2,1-3H3/t16-/m1/s1. The molecule has 3 aromatic rings. The molecule has 172 valence electrons. The molecule has 8 heteroatoms. The van der Waals surface area contributed by atoms with Crippen LogP contribution in [0.3, 0.4) is 0 Å². The number of aromatic nitrogens is 3. The first-order valence-electron chi connectivity index (χ1n) is 11.7. The number of fused-ring (bicyclic) bond motifs is 5. The SMILES string of the molecule is CCCN(CCC)C(=O)[C@H]1Cc2sc3c(c2C1)C(c1ccccc1Cl)=NCc1nnc(C)n1-3. The average Bonchev–Trinajstić information content (AvgIpc) is 3.44. The maximum Gasteiger partial charge on any atom is 0.226 e. The van der Waals surface area contributed by atoms with E-state index in [4.69, 9.17) is 16.6 Å². The molecule has 6 nitrogen and oxygen atoms in total. The van der Waals surface area contributed by atoms with E-state index in [9.17, 15) is 4.79 Å². The van der Waals surface area contributed by atoms with Gasteiger partial charge < -0.3 is 4.90 Å². The minimum absolute atomic E-state index is 0.00752. The van der Waals surface area contributed by atoms with E-state index in [0.717, 1.165) is 72.3 Å². The van der Waals surface area contributed by atoms with Crippen LogP contribution in [0.25, 0.3) is 5.00 Å². The lowest BCUT2D eigenvalue weighted by Crippen LogP contribution is -2.37. The topological polar surface area (TPSA) is 63.4 Å². The third kappa shape index (κ3) is 3.81. The molecule has 1 aliphatic heterocycles.